The molecule has 42 heavy (non-hydrogen) atoms. The standard InChI is InChI=1S/C35H38N4O3/c40-34(41)30-10-9-25(19-32(30)42-27-18-24-11-14-36-33(24)37-22-27)38-16-12-35(13-17-38)20-26(21-35)39-15-3-6-31(39)29-5-2-1-4-28(29)23-7-8-23/h1-2,4-5,9-11,14,18-19,22-23,26,31H,3,6-8,12-13,15-17,20-21H2,(H,36,37)(H,40,41)/t31-/m0/s1. The van der Waals surface area contributed by atoms with Crippen LogP contribution < -0.4 is 9.64 Å². The summed E-state index contributed by atoms with van der Waals surface area (Å²) in [5.74, 6) is 0.688. The highest BCUT2D eigenvalue weighted by Gasteiger charge is 2.50. The van der Waals surface area contributed by atoms with Gasteiger partial charge in [-0.15, -0.1) is 0 Å². The van der Waals surface area contributed by atoms with Crippen molar-refractivity contribution in [2.75, 3.05) is 24.5 Å². The average Bonchev–Trinajstić information content (AvgIpc) is 3.54. The van der Waals surface area contributed by atoms with Crippen molar-refractivity contribution in [1.29, 1.82) is 0 Å². The van der Waals surface area contributed by atoms with Gasteiger partial charge < -0.3 is 19.7 Å². The van der Waals surface area contributed by atoms with Gasteiger partial charge in [-0.3, -0.25) is 4.90 Å². The summed E-state index contributed by atoms with van der Waals surface area (Å²) < 4.78 is 6.11. The summed E-state index contributed by atoms with van der Waals surface area (Å²) in [7, 11) is 0. The molecule has 4 fully saturated rings. The minimum absolute atomic E-state index is 0.159. The second-order valence-electron chi connectivity index (χ2n) is 13.0. The molecule has 2 saturated carbocycles. The zero-order valence-electron chi connectivity index (χ0n) is 24.0. The number of carboxylic acids is 1. The fourth-order valence-electron chi connectivity index (χ4n) is 8.03. The van der Waals surface area contributed by atoms with Gasteiger partial charge in [0.15, 0.2) is 0 Å². The van der Waals surface area contributed by atoms with Crippen LogP contribution in [0.2, 0.25) is 0 Å². The minimum atomic E-state index is -0.995. The lowest BCUT2D eigenvalue weighted by molar-refractivity contribution is -0.0227. The summed E-state index contributed by atoms with van der Waals surface area (Å²) in [5.41, 5.74) is 5.63. The molecule has 8 rings (SSSR count). The molecule has 7 heteroatoms. The Kier molecular flexibility index (Phi) is 6.25. The molecule has 4 heterocycles. The number of benzene rings is 2. The maximum absolute atomic E-state index is 12.0. The number of carboxylic acid groups (broad SMARTS) is 1. The average molecular weight is 563 g/mol. The first-order valence-electron chi connectivity index (χ1n) is 15.6. The molecule has 4 aliphatic rings. The van der Waals surface area contributed by atoms with E-state index in [0.717, 1.165) is 35.7 Å². The van der Waals surface area contributed by atoms with Crippen LogP contribution in [0.5, 0.6) is 11.5 Å². The van der Waals surface area contributed by atoms with Gasteiger partial charge in [0.05, 0.1) is 6.20 Å². The van der Waals surface area contributed by atoms with E-state index in [1.165, 1.54) is 57.9 Å². The molecule has 4 aromatic rings. The number of piperidine rings is 1. The van der Waals surface area contributed by atoms with Gasteiger partial charge in [0, 0.05) is 48.5 Å². The van der Waals surface area contributed by atoms with E-state index in [9.17, 15) is 9.90 Å². The van der Waals surface area contributed by atoms with Crippen LogP contribution in [0.3, 0.4) is 0 Å². The number of likely N-dealkylation sites (tertiary alicyclic amines) is 1. The third kappa shape index (κ3) is 4.64. The van der Waals surface area contributed by atoms with Crippen LogP contribution in [0.4, 0.5) is 5.69 Å². The topological polar surface area (TPSA) is 81.7 Å². The molecule has 0 unspecified atom stereocenters. The van der Waals surface area contributed by atoms with Crippen LogP contribution in [0.15, 0.2) is 67.0 Å². The first kappa shape index (κ1) is 25.8. The van der Waals surface area contributed by atoms with Crippen LogP contribution in [0, 0.1) is 5.41 Å². The lowest BCUT2D eigenvalue weighted by Gasteiger charge is -2.56. The van der Waals surface area contributed by atoms with Crippen molar-refractivity contribution in [1.82, 2.24) is 14.9 Å². The number of hydrogen-bond donors (Lipinski definition) is 2. The summed E-state index contributed by atoms with van der Waals surface area (Å²) in [6.07, 6.45) is 13.8. The van der Waals surface area contributed by atoms with Crippen LogP contribution >= 0.6 is 0 Å². The summed E-state index contributed by atoms with van der Waals surface area (Å²) in [5, 5.41) is 10.7. The molecule has 0 radical (unpaired) electrons. The number of aromatic nitrogens is 2. The molecular formula is C35H38N4O3. The molecule has 216 valence electrons. The molecular weight excluding hydrogens is 524 g/mol. The van der Waals surface area contributed by atoms with Gasteiger partial charge in [0.2, 0.25) is 0 Å². The summed E-state index contributed by atoms with van der Waals surface area (Å²) >= 11 is 0. The molecule has 2 N–H and O–H groups in total. The number of fused-ring (bicyclic) bond motifs is 1. The molecule has 2 saturated heterocycles. The first-order valence-corrected chi connectivity index (χ1v) is 15.6. The van der Waals surface area contributed by atoms with Gasteiger partial charge in [-0.2, -0.15) is 0 Å². The molecule has 2 aromatic carbocycles. The zero-order chi connectivity index (χ0) is 28.3. The third-order valence-corrected chi connectivity index (χ3v) is 10.5. The maximum Gasteiger partial charge on any atom is 0.339 e. The number of aromatic amines is 1. The number of ether oxygens (including phenoxy) is 1. The largest absolute Gasteiger partial charge is 0.478 e. The summed E-state index contributed by atoms with van der Waals surface area (Å²) in [4.78, 5) is 24.7. The van der Waals surface area contributed by atoms with Gasteiger partial charge in [0.1, 0.15) is 22.7 Å². The fraction of sp³-hybridized carbons (Fsp3) is 0.429. The van der Waals surface area contributed by atoms with E-state index in [-0.39, 0.29) is 5.56 Å². The Labute approximate surface area is 246 Å². The lowest BCUT2D eigenvalue weighted by atomic mass is 9.59. The van der Waals surface area contributed by atoms with Crippen molar-refractivity contribution in [3.05, 3.63) is 83.7 Å². The summed E-state index contributed by atoms with van der Waals surface area (Å²) in [6, 6.07) is 19.9. The third-order valence-electron chi connectivity index (χ3n) is 10.5. The number of nitrogens with zero attached hydrogens (tertiary/aromatic N) is 3. The van der Waals surface area contributed by atoms with Crippen molar-refractivity contribution in [3.63, 3.8) is 0 Å². The van der Waals surface area contributed by atoms with E-state index in [1.54, 1.807) is 23.4 Å². The van der Waals surface area contributed by atoms with E-state index in [2.05, 4.69) is 44.0 Å². The van der Waals surface area contributed by atoms with Crippen molar-refractivity contribution >= 4 is 22.7 Å². The lowest BCUT2D eigenvalue weighted by Crippen LogP contribution is -2.54. The normalized spacial score (nSPS) is 22.5. The predicted octanol–water partition coefficient (Wildman–Crippen LogP) is 7.52. The SMILES string of the molecule is O=C(O)c1ccc(N2CCC3(CC2)CC(N2CCC[C@H]2c2ccccc2C2CC2)C3)cc1Oc1cnc2[nH]ccc2c1. The second-order valence-corrected chi connectivity index (χ2v) is 13.0. The molecule has 2 aromatic heterocycles. The maximum atomic E-state index is 12.0. The van der Waals surface area contributed by atoms with Gasteiger partial charge in [0.25, 0.3) is 0 Å². The Morgan fingerprint density at radius 1 is 0.976 bits per heavy atom. The number of rotatable bonds is 7. The van der Waals surface area contributed by atoms with Crippen molar-refractivity contribution in [2.24, 2.45) is 5.41 Å². The Morgan fingerprint density at radius 3 is 2.57 bits per heavy atom. The number of carbonyl (C=O) groups is 1. The van der Waals surface area contributed by atoms with Crippen LogP contribution in [0.1, 0.15) is 84.8 Å². The molecule has 1 spiro atoms. The van der Waals surface area contributed by atoms with Crippen molar-refractivity contribution in [2.45, 2.75) is 69.4 Å². The Balaban J connectivity index is 0.936. The van der Waals surface area contributed by atoms with E-state index < -0.39 is 5.97 Å². The first-order chi connectivity index (χ1) is 20.6. The van der Waals surface area contributed by atoms with E-state index in [1.807, 2.05) is 30.5 Å². The molecule has 2 aliphatic heterocycles. The zero-order valence-corrected chi connectivity index (χ0v) is 24.0. The fourth-order valence-corrected chi connectivity index (χ4v) is 8.03. The van der Waals surface area contributed by atoms with Gasteiger partial charge in [-0.1, -0.05) is 24.3 Å². The number of anilines is 1. The number of pyridine rings is 1. The number of aromatic carboxylic acids is 1. The van der Waals surface area contributed by atoms with Crippen molar-refractivity contribution in [3.8, 4) is 11.5 Å². The molecule has 1 atom stereocenters. The van der Waals surface area contributed by atoms with E-state index in [0.29, 0.717) is 29.0 Å². The monoisotopic (exact) mass is 562 g/mol. The number of hydrogen-bond acceptors (Lipinski definition) is 5. The number of H-pyrrole nitrogens is 1. The highest BCUT2D eigenvalue weighted by Crippen LogP contribution is 2.55. The highest BCUT2D eigenvalue weighted by molar-refractivity contribution is 5.92. The Hall–Kier alpha value is -3.84. The Bertz CT molecular complexity index is 1630. The van der Waals surface area contributed by atoms with Gasteiger partial charge in [-0.25, -0.2) is 9.78 Å². The predicted molar refractivity (Wildman–Crippen MR) is 164 cm³/mol. The second kappa shape index (κ2) is 10.2. The van der Waals surface area contributed by atoms with Gasteiger partial charge >= 0.3 is 5.97 Å². The molecule has 7 nitrogen and oxygen atoms in total. The van der Waals surface area contributed by atoms with Gasteiger partial charge in [-0.05, 0) is 105 Å². The smallest absolute Gasteiger partial charge is 0.339 e. The van der Waals surface area contributed by atoms with Crippen LogP contribution in [-0.2, 0) is 0 Å². The van der Waals surface area contributed by atoms with Crippen LogP contribution in [0.25, 0.3) is 11.0 Å². The molecule has 0 bridgehead atoms. The highest BCUT2D eigenvalue weighted by atomic mass is 16.5. The minimum Gasteiger partial charge on any atom is -0.478 e. The van der Waals surface area contributed by atoms with E-state index in [4.69, 9.17) is 4.74 Å². The van der Waals surface area contributed by atoms with E-state index >= 15 is 0 Å². The quantitative estimate of drug-likeness (QED) is 0.243. The number of nitrogens with one attached hydrogen (secondary N) is 1. The van der Waals surface area contributed by atoms with Crippen molar-refractivity contribution < 1.29 is 14.6 Å². The summed E-state index contributed by atoms with van der Waals surface area (Å²) in [6.45, 7) is 3.22. The Morgan fingerprint density at radius 2 is 1.79 bits per heavy atom. The molecule has 2 aliphatic carbocycles. The molecule has 0 amide bonds. The van der Waals surface area contributed by atoms with Crippen LogP contribution in [-0.4, -0.2) is 51.6 Å².